The summed E-state index contributed by atoms with van der Waals surface area (Å²) in [6.07, 6.45) is 4.55. The quantitative estimate of drug-likeness (QED) is 0.592. The molecular formula is C25H28N4O2. The van der Waals surface area contributed by atoms with E-state index in [1.165, 1.54) is 33.3 Å². The molecule has 160 valence electrons. The fourth-order valence-corrected chi connectivity index (χ4v) is 4.58. The molecule has 0 fully saturated rings. The van der Waals surface area contributed by atoms with Crippen molar-refractivity contribution in [2.75, 3.05) is 25.0 Å². The molecule has 0 spiro atoms. The Kier molecular flexibility index (Phi) is 4.54. The molecule has 0 bridgehead atoms. The molecule has 1 aromatic carbocycles. The van der Waals surface area contributed by atoms with Crippen LogP contribution in [0.2, 0.25) is 0 Å². The number of pyridine rings is 1. The zero-order chi connectivity index (χ0) is 21.8. The van der Waals surface area contributed by atoms with Gasteiger partial charge in [0.1, 0.15) is 11.2 Å². The fourth-order valence-electron chi connectivity index (χ4n) is 4.58. The first kappa shape index (κ1) is 19.7. The number of nitrogens with zero attached hydrogens (tertiary/aromatic N) is 3. The molecule has 6 nitrogen and oxygen atoms in total. The number of H-pyrrole nitrogens is 1. The Bertz CT molecular complexity index is 1200. The van der Waals surface area contributed by atoms with Crippen molar-refractivity contribution >= 4 is 28.4 Å². The second-order valence-electron chi connectivity index (χ2n) is 9.34. The highest BCUT2D eigenvalue weighted by atomic mass is 16.6. The summed E-state index contributed by atoms with van der Waals surface area (Å²) in [5.41, 5.74) is 7.76. The molecule has 0 atom stereocenters. The van der Waals surface area contributed by atoms with Crippen molar-refractivity contribution in [3.8, 4) is 11.1 Å². The average Bonchev–Trinajstić information content (AvgIpc) is 3.05. The SMILES string of the molecule is CN1Cc2c(C3=CCN(C(=O)OC(C)(C)C)CC3)[nH]c3nccc(c23)-c2ccccc21. The first-order chi connectivity index (χ1) is 14.8. The zero-order valence-corrected chi connectivity index (χ0v) is 18.5. The minimum Gasteiger partial charge on any atom is -0.444 e. The van der Waals surface area contributed by atoms with Crippen LogP contribution in [0.15, 0.2) is 42.6 Å². The van der Waals surface area contributed by atoms with Crippen LogP contribution in [0.4, 0.5) is 10.5 Å². The third-order valence-electron chi connectivity index (χ3n) is 5.98. The Morgan fingerprint density at radius 1 is 1.16 bits per heavy atom. The smallest absolute Gasteiger partial charge is 0.410 e. The normalized spacial score (nSPS) is 16.1. The summed E-state index contributed by atoms with van der Waals surface area (Å²) in [5, 5.41) is 1.20. The van der Waals surface area contributed by atoms with Crippen LogP contribution in [0.1, 0.15) is 38.4 Å². The summed E-state index contributed by atoms with van der Waals surface area (Å²) < 4.78 is 5.54. The molecule has 2 aliphatic heterocycles. The number of benzene rings is 1. The summed E-state index contributed by atoms with van der Waals surface area (Å²) in [6, 6.07) is 10.6. The molecule has 0 saturated heterocycles. The van der Waals surface area contributed by atoms with Crippen LogP contribution in [-0.2, 0) is 11.3 Å². The molecule has 31 heavy (non-hydrogen) atoms. The first-order valence-electron chi connectivity index (χ1n) is 10.8. The van der Waals surface area contributed by atoms with Gasteiger partial charge in [0, 0.05) is 60.8 Å². The molecule has 0 aliphatic carbocycles. The van der Waals surface area contributed by atoms with Gasteiger partial charge in [-0.15, -0.1) is 0 Å². The molecule has 4 heterocycles. The van der Waals surface area contributed by atoms with Gasteiger partial charge in [-0.2, -0.15) is 0 Å². The number of amides is 1. The highest BCUT2D eigenvalue weighted by Gasteiger charge is 2.28. The molecule has 5 rings (SSSR count). The Labute approximate surface area is 182 Å². The van der Waals surface area contributed by atoms with Gasteiger partial charge in [-0.1, -0.05) is 24.3 Å². The second kappa shape index (κ2) is 7.15. The van der Waals surface area contributed by atoms with Gasteiger partial charge in [-0.05, 0) is 50.5 Å². The maximum atomic E-state index is 12.4. The molecular weight excluding hydrogens is 388 g/mol. The van der Waals surface area contributed by atoms with E-state index in [2.05, 4.69) is 58.3 Å². The van der Waals surface area contributed by atoms with Crippen LogP contribution >= 0.6 is 0 Å². The van der Waals surface area contributed by atoms with Crippen molar-refractivity contribution in [3.05, 3.63) is 53.9 Å². The number of ether oxygens (including phenoxy) is 1. The topological polar surface area (TPSA) is 61.5 Å². The molecule has 1 amide bonds. The highest BCUT2D eigenvalue weighted by molar-refractivity contribution is 6.02. The van der Waals surface area contributed by atoms with Gasteiger partial charge in [-0.3, -0.25) is 0 Å². The number of aromatic amines is 1. The van der Waals surface area contributed by atoms with Crippen LogP contribution in [0.5, 0.6) is 0 Å². The number of para-hydroxylation sites is 1. The summed E-state index contributed by atoms with van der Waals surface area (Å²) in [5.74, 6) is 0. The number of aromatic nitrogens is 2. The summed E-state index contributed by atoms with van der Waals surface area (Å²) in [7, 11) is 2.14. The Hall–Kier alpha value is -3.28. The van der Waals surface area contributed by atoms with E-state index >= 15 is 0 Å². The van der Waals surface area contributed by atoms with E-state index in [-0.39, 0.29) is 6.09 Å². The summed E-state index contributed by atoms with van der Waals surface area (Å²) in [4.78, 5) is 24.7. The third kappa shape index (κ3) is 3.46. The summed E-state index contributed by atoms with van der Waals surface area (Å²) in [6.45, 7) is 7.69. The largest absolute Gasteiger partial charge is 0.444 e. The van der Waals surface area contributed by atoms with E-state index in [4.69, 9.17) is 4.74 Å². The number of nitrogens with one attached hydrogen (secondary N) is 1. The van der Waals surface area contributed by atoms with E-state index in [9.17, 15) is 4.79 Å². The zero-order valence-electron chi connectivity index (χ0n) is 18.5. The average molecular weight is 417 g/mol. The van der Waals surface area contributed by atoms with E-state index in [1.54, 1.807) is 4.90 Å². The van der Waals surface area contributed by atoms with Crippen molar-refractivity contribution in [1.82, 2.24) is 14.9 Å². The fraction of sp³-hybridized carbons (Fsp3) is 0.360. The Balaban J connectivity index is 1.53. The molecule has 0 unspecified atom stereocenters. The van der Waals surface area contributed by atoms with Crippen molar-refractivity contribution in [2.45, 2.75) is 39.3 Å². The molecule has 1 N–H and O–H groups in total. The second-order valence-corrected chi connectivity index (χ2v) is 9.34. The number of carbonyl (C=O) groups excluding carboxylic acids is 1. The van der Waals surface area contributed by atoms with Crippen molar-refractivity contribution in [1.29, 1.82) is 0 Å². The van der Waals surface area contributed by atoms with Gasteiger partial charge in [0.05, 0.1) is 0 Å². The van der Waals surface area contributed by atoms with Crippen molar-refractivity contribution < 1.29 is 9.53 Å². The van der Waals surface area contributed by atoms with Gasteiger partial charge < -0.3 is 19.5 Å². The van der Waals surface area contributed by atoms with Gasteiger partial charge in [0.15, 0.2) is 0 Å². The monoisotopic (exact) mass is 416 g/mol. The molecule has 0 saturated carbocycles. The molecule has 6 heteroatoms. The van der Waals surface area contributed by atoms with E-state index < -0.39 is 5.60 Å². The standard InChI is InChI=1S/C25H28N4O2/c1-25(2,3)31-24(30)29-13-10-16(11-14-29)22-19-15-28(4)20-8-6-5-7-17(20)18-9-12-26-23(27-22)21(18)19/h5-10,12H,11,13-15H2,1-4H3,(H,26,27). The lowest BCUT2D eigenvalue weighted by atomic mass is 9.97. The van der Waals surface area contributed by atoms with E-state index in [0.29, 0.717) is 13.1 Å². The number of hydrogen-bond donors (Lipinski definition) is 1. The molecule has 3 aromatic rings. The maximum absolute atomic E-state index is 12.4. The lowest BCUT2D eigenvalue weighted by molar-refractivity contribution is 0.0270. The minimum atomic E-state index is -0.484. The number of carbonyl (C=O) groups is 1. The van der Waals surface area contributed by atoms with Gasteiger partial charge in [-0.25, -0.2) is 9.78 Å². The number of anilines is 1. The van der Waals surface area contributed by atoms with E-state index in [0.717, 1.165) is 24.3 Å². The minimum absolute atomic E-state index is 0.253. The van der Waals surface area contributed by atoms with E-state index in [1.807, 2.05) is 27.0 Å². The lowest BCUT2D eigenvalue weighted by Crippen LogP contribution is -2.39. The first-order valence-corrected chi connectivity index (χ1v) is 10.8. The third-order valence-corrected chi connectivity index (χ3v) is 5.98. The molecule has 2 aliphatic rings. The highest BCUT2D eigenvalue weighted by Crippen LogP contribution is 2.42. The van der Waals surface area contributed by atoms with Crippen LogP contribution in [0.3, 0.4) is 0 Å². The van der Waals surface area contributed by atoms with Gasteiger partial charge in [0.25, 0.3) is 0 Å². The number of fused-ring (bicyclic) bond motifs is 2. The number of hydrogen-bond acceptors (Lipinski definition) is 4. The molecule has 2 aromatic heterocycles. The van der Waals surface area contributed by atoms with Gasteiger partial charge in [0.2, 0.25) is 0 Å². The van der Waals surface area contributed by atoms with Crippen molar-refractivity contribution in [3.63, 3.8) is 0 Å². The predicted octanol–water partition coefficient (Wildman–Crippen LogP) is 5.20. The van der Waals surface area contributed by atoms with Crippen LogP contribution in [0, 0.1) is 0 Å². The molecule has 0 radical (unpaired) electrons. The van der Waals surface area contributed by atoms with Gasteiger partial charge >= 0.3 is 6.09 Å². The summed E-state index contributed by atoms with van der Waals surface area (Å²) >= 11 is 0. The van der Waals surface area contributed by atoms with Crippen molar-refractivity contribution in [2.24, 2.45) is 0 Å². The number of rotatable bonds is 1. The predicted molar refractivity (Wildman–Crippen MR) is 124 cm³/mol. The van der Waals surface area contributed by atoms with Crippen LogP contribution in [0.25, 0.3) is 27.7 Å². The Morgan fingerprint density at radius 2 is 1.97 bits per heavy atom. The maximum Gasteiger partial charge on any atom is 0.410 e. The van der Waals surface area contributed by atoms with Crippen LogP contribution < -0.4 is 4.90 Å². The Morgan fingerprint density at radius 3 is 2.71 bits per heavy atom. The van der Waals surface area contributed by atoms with Crippen LogP contribution in [-0.4, -0.2) is 46.7 Å². The lowest BCUT2D eigenvalue weighted by Gasteiger charge is -2.29.